The molecule has 0 spiro atoms. The molecule has 2 aliphatic carbocycles. The maximum Gasteiger partial charge on any atom is 0.248 e. The molecule has 1 saturated carbocycles. The molecule has 120 valence electrons. The number of amides is 1. The number of carbonyl (C=O) groups excluding carboxylic acids is 1. The van der Waals surface area contributed by atoms with Crippen LogP contribution in [-0.2, 0) is 4.79 Å². The average Bonchev–Trinajstić information content (AvgIpc) is 2.72. The van der Waals surface area contributed by atoms with E-state index >= 15 is 0 Å². The van der Waals surface area contributed by atoms with Gasteiger partial charge in [-0.2, -0.15) is 5.26 Å². The topological polar surface area (TPSA) is 52.9 Å². The number of unbranched alkanes of at least 4 members (excludes halogenated alkanes) is 2. The second-order valence-corrected chi connectivity index (χ2v) is 6.03. The molecule has 0 aliphatic heterocycles. The van der Waals surface area contributed by atoms with E-state index in [0.717, 1.165) is 43.3 Å². The number of carbonyl (C=O) groups is 1. The van der Waals surface area contributed by atoms with Crippen molar-refractivity contribution in [3.8, 4) is 17.9 Å². The summed E-state index contributed by atoms with van der Waals surface area (Å²) in [5, 5.41) is 11.6. The Labute approximate surface area is 139 Å². The van der Waals surface area contributed by atoms with Gasteiger partial charge in [-0.3, -0.25) is 4.79 Å². The Hall–Kier alpha value is -2.26. The molecule has 0 radical (unpaired) electrons. The third-order valence-electron chi connectivity index (χ3n) is 4.32. The number of hydrogen-bond donors (Lipinski definition) is 1. The Morgan fingerprint density at radius 1 is 1.35 bits per heavy atom. The van der Waals surface area contributed by atoms with Gasteiger partial charge in [-0.05, 0) is 44.3 Å². The van der Waals surface area contributed by atoms with Crippen LogP contribution >= 0.6 is 0 Å². The van der Waals surface area contributed by atoms with Gasteiger partial charge in [0.2, 0.25) is 5.91 Å². The minimum Gasteiger partial charge on any atom is -0.350 e. The lowest BCUT2D eigenvalue weighted by Crippen LogP contribution is -2.41. The van der Waals surface area contributed by atoms with Crippen LogP contribution in [0.1, 0.15) is 51.9 Å². The largest absolute Gasteiger partial charge is 0.350 e. The molecular weight excluding hydrogens is 284 g/mol. The van der Waals surface area contributed by atoms with Crippen LogP contribution < -0.4 is 5.32 Å². The number of rotatable bonds is 5. The highest BCUT2D eigenvalue weighted by atomic mass is 16.1. The van der Waals surface area contributed by atoms with E-state index in [4.69, 9.17) is 5.26 Å². The standard InChI is InChI=1S/C20H24N2O/c1-2-17-13-11-16(8-5-3-4-6-15-21)12-14-19(17)20(23)22-18-9-7-10-18/h11-14,17-18H,2-4,6-7,9-10H2,1H3,(H,22,23). The molecule has 2 rings (SSSR count). The van der Waals surface area contributed by atoms with Gasteiger partial charge in [0.05, 0.1) is 6.07 Å². The van der Waals surface area contributed by atoms with Crippen LogP contribution in [0.5, 0.6) is 0 Å². The Morgan fingerprint density at radius 2 is 2.17 bits per heavy atom. The quantitative estimate of drug-likeness (QED) is 0.620. The van der Waals surface area contributed by atoms with Crippen molar-refractivity contribution in [2.24, 2.45) is 5.92 Å². The minimum absolute atomic E-state index is 0.0608. The normalized spacial score (nSPS) is 20.1. The summed E-state index contributed by atoms with van der Waals surface area (Å²) in [7, 11) is 0. The molecule has 1 fully saturated rings. The van der Waals surface area contributed by atoms with Crippen LogP contribution in [0.25, 0.3) is 0 Å². The van der Waals surface area contributed by atoms with Crippen LogP contribution in [0, 0.1) is 29.1 Å². The van der Waals surface area contributed by atoms with E-state index in [1.54, 1.807) is 0 Å². The number of nitrogens with zero attached hydrogens (tertiary/aromatic N) is 1. The van der Waals surface area contributed by atoms with Crippen molar-refractivity contribution >= 4 is 5.91 Å². The van der Waals surface area contributed by atoms with E-state index in [1.165, 1.54) is 6.42 Å². The lowest BCUT2D eigenvalue weighted by molar-refractivity contribution is -0.119. The molecule has 0 saturated heterocycles. The molecule has 1 N–H and O–H groups in total. The molecule has 3 heteroatoms. The third-order valence-corrected chi connectivity index (χ3v) is 4.32. The number of hydrogen-bond acceptors (Lipinski definition) is 2. The Morgan fingerprint density at radius 3 is 2.83 bits per heavy atom. The van der Waals surface area contributed by atoms with Crippen molar-refractivity contribution in [1.29, 1.82) is 5.26 Å². The highest BCUT2D eigenvalue weighted by Gasteiger charge is 2.24. The summed E-state index contributed by atoms with van der Waals surface area (Å²) in [6, 6.07) is 2.48. The monoisotopic (exact) mass is 308 g/mol. The van der Waals surface area contributed by atoms with Gasteiger partial charge in [-0.15, -0.1) is 0 Å². The molecular formula is C20H24N2O. The van der Waals surface area contributed by atoms with Gasteiger partial charge >= 0.3 is 0 Å². The number of nitriles is 1. The molecule has 0 aromatic rings. The summed E-state index contributed by atoms with van der Waals surface area (Å²) in [4.78, 5) is 12.5. The predicted molar refractivity (Wildman–Crippen MR) is 92.1 cm³/mol. The second-order valence-electron chi connectivity index (χ2n) is 6.03. The molecule has 0 heterocycles. The molecule has 1 amide bonds. The SMILES string of the molecule is CCC1C=CC(C#CCCCC#N)=CC=C1C(=O)NC1CCC1. The smallest absolute Gasteiger partial charge is 0.248 e. The number of nitrogens with one attached hydrogen (secondary N) is 1. The zero-order chi connectivity index (χ0) is 16.5. The molecule has 2 aliphatic rings. The first-order chi connectivity index (χ1) is 11.2. The molecule has 1 unspecified atom stereocenters. The molecule has 23 heavy (non-hydrogen) atoms. The zero-order valence-electron chi connectivity index (χ0n) is 13.8. The Kier molecular flexibility index (Phi) is 6.70. The van der Waals surface area contributed by atoms with Gasteiger partial charge < -0.3 is 5.32 Å². The zero-order valence-corrected chi connectivity index (χ0v) is 13.8. The first-order valence-electron chi connectivity index (χ1n) is 8.51. The van der Waals surface area contributed by atoms with Gasteiger partial charge in [0, 0.05) is 35.9 Å². The van der Waals surface area contributed by atoms with Crippen LogP contribution in [0.2, 0.25) is 0 Å². The van der Waals surface area contributed by atoms with E-state index in [2.05, 4.69) is 36.2 Å². The van der Waals surface area contributed by atoms with E-state index in [9.17, 15) is 4.79 Å². The van der Waals surface area contributed by atoms with Crippen molar-refractivity contribution in [2.75, 3.05) is 0 Å². The molecule has 0 aromatic heterocycles. The van der Waals surface area contributed by atoms with Crippen LogP contribution in [0.3, 0.4) is 0 Å². The second kappa shape index (κ2) is 9.01. The van der Waals surface area contributed by atoms with Gasteiger partial charge in [0.15, 0.2) is 0 Å². The lowest BCUT2D eigenvalue weighted by Gasteiger charge is -2.27. The van der Waals surface area contributed by atoms with Crippen molar-refractivity contribution in [2.45, 2.75) is 57.9 Å². The third kappa shape index (κ3) is 5.15. The van der Waals surface area contributed by atoms with E-state index in [-0.39, 0.29) is 11.8 Å². The van der Waals surface area contributed by atoms with E-state index in [1.807, 2.05) is 18.2 Å². The van der Waals surface area contributed by atoms with Crippen LogP contribution in [0.15, 0.2) is 35.5 Å². The first kappa shape index (κ1) is 17.1. The van der Waals surface area contributed by atoms with Gasteiger partial charge in [-0.25, -0.2) is 0 Å². The molecule has 3 nitrogen and oxygen atoms in total. The predicted octanol–water partition coefficient (Wildman–Crippen LogP) is 3.80. The summed E-state index contributed by atoms with van der Waals surface area (Å²) < 4.78 is 0. The molecule has 0 aromatic carbocycles. The summed E-state index contributed by atoms with van der Waals surface area (Å²) in [6.07, 6.45) is 14.3. The lowest BCUT2D eigenvalue weighted by atomic mass is 9.91. The van der Waals surface area contributed by atoms with Crippen molar-refractivity contribution in [1.82, 2.24) is 5.32 Å². The highest BCUT2D eigenvalue weighted by Crippen LogP contribution is 2.24. The number of allylic oxidation sites excluding steroid dienone is 5. The van der Waals surface area contributed by atoms with Crippen LogP contribution in [0.4, 0.5) is 0 Å². The van der Waals surface area contributed by atoms with Crippen molar-refractivity contribution in [3.63, 3.8) is 0 Å². The Bertz CT molecular complexity index is 618. The fraction of sp³-hybridized carbons (Fsp3) is 0.500. The van der Waals surface area contributed by atoms with Crippen LogP contribution in [-0.4, -0.2) is 11.9 Å². The maximum atomic E-state index is 12.5. The summed E-state index contributed by atoms with van der Waals surface area (Å²) >= 11 is 0. The van der Waals surface area contributed by atoms with E-state index < -0.39 is 0 Å². The van der Waals surface area contributed by atoms with Crippen molar-refractivity contribution in [3.05, 3.63) is 35.5 Å². The fourth-order valence-corrected chi connectivity index (χ4v) is 2.61. The maximum absolute atomic E-state index is 12.5. The van der Waals surface area contributed by atoms with Gasteiger partial charge in [0.1, 0.15) is 0 Å². The van der Waals surface area contributed by atoms with Gasteiger partial charge in [0.25, 0.3) is 0 Å². The Balaban J connectivity index is 2.03. The average molecular weight is 308 g/mol. The highest BCUT2D eigenvalue weighted by molar-refractivity contribution is 5.95. The summed E-state index contributed by atoms with van der Waals surface area (Å²) in [6.45, 7) is 2.10. The van der Waals surface area contributed by atoms with Crippen molar-refractivity contribution < 1.29 is 4.79 Å². The summed E-state index contributed by atoms with van der Waals surface area (Å²) in [5.41, 5.74) is 1.75. The molecule has 0 bridgehead atoms. The van der Waals surface area contributed by atoms with Gasteiger partial charge in [-0.1, -0.05) is 30.9 Å². The first-order valence-corrected chi connectivity index (χ1v) is 8.51. The summed E-state index contributed by atoms with van der Waals surface area (Å²) in [5.74, 6) is 6.42. The minimum atomic E-state index is 0.0608. The van der Waals surface area contributed by atoms with E-state index in [0.29, 0.717) is 12.5 Å². The molecule has 1 atom stereocenters. The fourth-order valence-electron chi connectivity index (χ4n) is 2.61.